The quantitative estimate of drug-likeness (QED) is 0.624. The Bertz CT molecular complexity index is 159. The lowest BCUT2D eigenvalue weighted by Gasteiger charge is -2.43. The van der Waals surface area contributed by atoms with Gasteiger partial charge in [0.25, 0.3) is 0 Å². The average Bonchev–Trinajstić information content (AvgIpc) is 2.20. The minimum Gasteiger partial charge on any atom is -0.379 e. The van der Waals surface area contributed by atoms with Gasteiger partial charge in [0.15, 0.2) is 0 Å². The molecule has 2 saturated heterocycles. The lowest BCUT2D eigenvalue weighted by Crippen LogP contribution is -2.57. The lowest BCUT2D eigenvalue weighted by atomic mass is 10.1. The van der Waals surface area contributed by atoms with Gasteiger partial charge in [-0.1, -0.05) is 0 Å². The van der Waals surface area contributed by atoms with Crippen molar-refractivity contribution in [2.75, 3.05) is 32.8 Å². The summed E-state index contributed by atoms with van der Waals surface area (Å²) in [6.45, 7) is 4.84. The molecule has 0 spiro atoms. The van der Waals surface area contributed by atoms with Crippen molar-refractivity contribution < 1.29 is 4.74 Å². The van der Waals surface area contributed by atoms with Gasteiger partial charge >= 0.3 is 0 Å². The van der Waals surface area contributed by atoms with E-state index in [4.69, 9.17) is 10.5 Å². The first-order chi connectivity index (χ1) is 6.38. The van der Waals surface area contributed by atoms with Crippen molar-refractivity contribution in [3.05, 3.63) is 0 Å². The first kappa shape index (κ1) is 9.40. The van der Waals surface area contributed by atoms with Gasteiger partial charge in [0.05, 0.1) is 19.4 Å². The highest BCUT2D eigenvalue weighted by atomic mass is 16.5. The van der Waals surface area contributed by atoms with E-state index in [9.17, 15) is 0 Å². The summed E-state index contributed by atoms with van der Waals surface area (Å²) in [4.78, 5) is 0. The molecule has 2 aliphatic rings. The van der Waals surface area contributed by atoms with E-state index in [0.29, 0.717) is 0 Å². The van der Waals surface area contributed by atoms with Crippen LogP contribution in [0.1, 0.15) is 19.3 Å². The third-order valence-corrected chi connectivity index (χ3v) is 2.87. The van der Waals surface area contributed by atoms with Crippen LogP contribution in [0, 0.1) is 0 Å². The number of ether oxygens (including phenoxy) is 1. The van der Waals surface area contributed by atoms with Crippen molar-refractivity contribution in [1.29, 1.82) is 0 Å². The molecule has 0 saturated carbocycles. The van der Waals surface area contributed by atoms with E-state index < -0.39 is 0 Å². The fourth-order valence-electron chi connectivity index (χ4n) is 2.10. The smallest absolute Gasteiger partial charge is 0.0710 e. The van der Waals surface area contributed by atoms with Gasteiger partial charge in [0.2, 0.25) is 0 Å². The Morgan fingerprint density at radius 2 is 1.85 bits per heavy atom. The second kappa shape index (κ2) is 4.37. The zero-order valence-electron chi connectivity index (χ0n) is 8.11. The van der Waals surface area contributed by atoms with Gasteiger partial charge in [-0.3, -0.25) is 0 Å². The predicted molar refractivity (Wildman–Crippen MR) is 50.9 cm³/mol. The van der Waals surface area contributed by atoms with Crippen LogP contribution in [-0.4, -0.2) is 49.0 Å². The molecule has 0 aromatic heterocycles. The van der Waals surface area contributed by atoms with Gasteiger partial charge in [-0.15, -0.1) is 0 Å². The third kappa shape index (κ3) is 2.20. The molecule has 1 atom stereocenters. The number of rotatable bonds is 1. The van der Waals surface area contributed by atoms with Crippen LogP contribution in [0.15, 0.2) is 0 Å². The van der Waals surface area contributed by atoms with Gasteiger partial charge in [-0.2, -0.15) is 0 Å². The monoisotopic (exact) mass is 185 g/mol. The number of morpholine rings is 1. The maximum absolute atomic E-state index is 6.05. The summed E-state index contributed by atoms with van der Waals surface area (Å²) in [5.74, 6) is 0. The minimum absolute atomic E-state index is 0.242. The van der Waals surface area contributed by atoms with Crippen molar-refractivity contribution in [1.82, 2.24) is 10.0 Å². The zero-order chi connectivity index (χ0) is 9.10. The van der Waals surface area contributed by atoms with Crippen LogP contribution in [0.3, 0.4) is 0 Å². The molecular formula is C9H19N3O. The lowest BCUT2D eigenvalue weighted by molar-refractivity contribution is -0.122. The molecule has 0 amide bonds. The van der Waals surface area contributed by atoms with Crippen molar-refractivity contribution in [3.8, 4) is 0 Å². The number of nitrogens with zero attached hydrogens (tertiary/aromatic N) is 2. The van der Waals surface area contributed by atoms with E-state index in [-0.39, 0.29) is 6.17 Å². The fraction of sp³-hybridized carbons (Fsp3) is 1.00. The van der Waals surface area contributed by atoms with Gasteiger partial charge < -0.3 is 10.5 Å². The molecule has 13 heavy (non-hydrogen) atoms. The second-order valence-corrected chi connectivity index (χ2v) is 3.79. The number of hydrogen-bond donors (Lipinski definition) is 1. The molecule has 0 aromatic carbocycles. The van der Waals surface area contributed by atoms with Crippen molar-refractivity contribution in [2.24, 2.45) is 5.73 Å². The molecular weight excluding hydrogens is 166 g/mol. The van der Waals surface area contributed by atoms with Gasteiger partial charge in [0.1, 0.15) is 0 Å². The van der Waals surface area contributed by atoms with Gasteiger partial charge in [0, 0.05) is 19.6 Å². The first-order valence-corrected chi connectivity index (χ1v) is 5.23. The maximum atomic E-state index is 6.05. The van der Waals surface area contributed by atoms with E-state index in [1.54, 1.807) is 0 Å². The van der Waals surface area contributed by atoms with E-state index in [0.717, 1.165) is 39.3 Å². The summed E-state index contributed by atoms with van der Waals surface area (Å²) in [5.41, 5.74) is 6.05. The van der Waals surface area contributed by atoms with Crippen LogP contribution in [0.25, 0.3) is 0 Å². The van der Waals surface area contributed by atoms with Crippen molar-refractivity contribution >= 4 is 0 Å². The number of piperidine rings is 1. The first-order valence-electron chi connectivity index (χ1n) is 5.23. The Kier molecular flexibility index (Phi) is 3.16. The molecule has 76 valence electrons. The molecule has 2 rings (SSSR count). The number of hydrogen-bond acceptors (Lipinski definition) is 4. The summed E-state index contributed by atoms with van der Waals surface area (Å²) >= 11 is 0. The average molecular weight is 185 g/mol. The third-order valence-electron chi connectivity index (χ3n) is 2.87. The molecule has 0 radical (unpaired) electrons. The summed E-state index contributed by atoms with van der Waals surface area (Å²) in [7, 11) is 0. The van der Waals surface area contributed by atoms with E-state index in [1.807, 2.05) is 0 Å². The minimum atomic E-state index is 0.242. The summed E-state index contributed by atoms with van der Waals surface area (Å²) in [6, 6.07) is 0. The van der Waals surface area contributed by atoms with Crippen LogP contribution in [0.4, 0.5) is 0 Å². The van der Waals surface area contributed by atoms with Crippen LogP contribution in [0.2, 0.25) is 0 Å². The molecule has 0 aliphatic carbocycles. The molecule has 2 heterocycles. The Balaban J connectivity index is 1.88. The van der Waals surface area contributed by atoms with Gasteiger partial charge in [-0.25, -0.2) is 10.0 Å². The second-order valence-electron chi connectivity index (χ2n) is 3.79. The Morgan fingerprint density at radius 3 is 2.54 bits per heavy atom. The number of hydrazine groups is 1. The maximum Gasteiger partial charge on any atom is 0.0710 e. The Morgan fingerprint density at radius 1 is 1.08 bits per heavy atom. The van der Waals surface area contributed by atoms with Crippen LogP contribution in [0.5, 0.6) is 0 Å². The summed E-state index contributed by atoms with van der Waals surface area (Å²) < 4.78 is 5.32. The molecule has 2 N–H and O–H groups in total. The van der Waals surface area contributed by atoms with Crippen LogP contribution >= 0.6 is 0 Å². The molecule has 0 bridgehead atoms. The Labute approximate surface area is 79.6 Å². The summed E-state index contributed by atoms with van der Waals surface area (Å²) in [6.07, 6.45) is 3.94. The SMILES string of the molecule is NC1CCCCN1N1CCOCC1. The van der Waals surface area contributed by atoms with E-state index in [2.05, 4.69) is 10.0 Å². The highest BCUT2D eigenvalue weighted by Gasteiger charge is 2.25. The van der Waals surface area contributed by atoms with Crippen molar-refractivity contribution in [3.63, 3.8) is 0 Å². The van der Waals surface area contributed by atoms with Gasteiger partial charge in [-0.05, 0) is 19.3 Å². The molecule has 2 fully saturated rings. The number of nitrogens with two attached hydrogens (primary N) is 1. The largest absolute Gasteiger partial charge is 0.379 e. The van der Waals surface area contributed by atoms with Crippen LogP contribution in [-0.2, 0) is 4.74 Å². The molecule has 1 unspecified atom stereocenters. The molecule has 2 aliphatic heterocycles. The molecule has 4 heteroatoms. The summed E-state index contributed by atoms with van der Waals surface area (Å²) in [5, 5.41) is 4.68. The van der Waals surface area contributed by atoms with E-state index in [1.165, 1.54) is 12.8 Å². The van der Waals surface area contributed by atoms with Crippen molar-refractivity contribution in [2.45, 2.75) is 25.4 Å². The fourth-order valence-corrected chi connectivity index (χ4v) is 2.10. The highest BCUT2D eigenvalue weighted by Crippen LogP contribution is 2.16. The zero-order valence-corrected chi connectivity index (χ0v) is 8.11. The Hall–Kier alpha value is -0.160. The molecule has 4 nitrogen and oxygen atoms in total. The van der Waals surface area contributed by atoms with E-state index >= 15 is 0 Å². The predicted octanol–water partition coefficient (Wildman–Crippen LogP) is 0.00430. The highest BCUT2D eigenvalue weighted by molar-refractivity contribution is 4.72. The van der Waals surface area contributed by atoms with Crippen LogP contribution < -0.4 is 5.73 Å². The normalized spacial score (nSPS) is 33.5. The topological polar surface area (TPSA) is 41.7 Å². The standard InChI is InChI=1S/C9H19N3O/c10-9-3-1-2-4-12(9)11-5-7-13-8-6-11/h9H,1-8,10H2. The molecule has 0 aromatic rings.